The summed E-state index contributed by atoms with van der Waals surface area (Å²) in [5.41, 5.74) is 1.19. The van der Waals surface area contributed by atoms with Crippen molar-refractivity contribution in [2.75, 3.05) is 27.2 Å². The Kier molecular flexibility index (Phi) is 8.72. The Morgan fingerprint density at radius 1 is 1.03 bits per heavy atom. The van der Waals surface area contributed by atoms with E-state index in [0.29, 0.717) is 39.2 Å². The highest BCUT2D eigenvalue weighted by atomic mass is 35.5. The SMILES string of the molecule is CN(C)CCCNC(=O)C(=Cc1ccc(-c2ccc(Cl)cc2Cl)o1)NC(=O)c1ccccc1. The lowest BCUT2D eigenvalue weighted by molar-refractivity contribution is -0.117. The van der Waals surface area contributed by atoms with Gasteiger partial charge in [0.1, 0.15) is 17.2 Å². The van der Waals surface area contributed by atoms with Crippen molar-refractivity contribution in [3.05, 3.63) is 87.7 Å². The van der Waals surface area contributed by atoms with Crippen LogP contribution in [-0.4, -0.2) is 43.9 Å². The van der Waals surface area contributed by atoms with Crippen LogP contribution in [-0.2, 0) is 4.79 Å². The van der Waals surface area contributed by atoms with Gasteiger partial charge in [0, 0.05) is 28.8 Å². The lowest BCUT2D eigenvalue weighted by atomic mass is 10.2. The van der Waals surface area contributed by atoms with E-state index in [1.165, 1.54) is 6.08 Å². The lowest BCUT2D eigenvalue weighted by Crippen LogP contribution is -2.36. The summed E-state index contributed by atoms with van der Waals surface area (Å²) in [7, 11) is 3.93. The molecule has 172 valence electrons. The van der Waals surface area contributed by atoms with Crippen LogP contribution in [0.5, 0.6) is 0 Å². The Labute approximate surface area is 203 Å². The van der Waals surface area contributed by atoms with E-state index in [2.05, 4.69) is 10.6 Å². The van der Waals surface area contributed by atoms with Gasteiger partial charge in [0.15, 0.2) is 0 Å². The first kappa shape index (κ1) is 24.6. The number of carbonyl (C=O) groups is 2. The molecule has 2 aromatic carbocycles. The molecule has 3 aromatic rings. The molecule has 2 amide bonds. The number of furan rings is 1. The molecule has 33 heavy (non-hydrogen) atoms. The molecular weight excluding hydrogens is 461 g/mol. The third-order valence-corrected chi connectivity index (χ3v) is 5.25. The summed E-state index contributed by atoms with van der Waals surface area (Å²) in [5.74, 6) is 0.115. The first-order valence-corrected chi connectivity index (χ1v) is 11.2. The van der Waals surface area contributed by atoms with Crippen LogP contribution < -0.4 is 10.6 Å². The van der Waals surface area contributed by atoms with Crippen molar-refractivity contribution >= 4 is 41.1 Å². The zero-order chi connectivity index (χ0) is 23.8. The Balaban J connectivity index is 1.82. The fourth-order valence-corrected chi connectivity index (χ4v) is 3.54. The van der Waals surface area contributed by atoms with Crippen molar-refractivity contribution in [3.8, 4) is 11.3 Å². The maximum Gasteiger partial charge on any atom is 0.267 e. The van der Waals surface area contributed by atoms with Crippen molar-refractivity contribution < 1.29 is 14.0 Å². The Morgan fingerprint density at radius 2 is 1.79 bits per heavy atom. The van der Waals surface area contributed by atoms with Crippen molar-refractivity contribution in [1.82, 2.24) is 15.5 Å². The van der Waals surface area contributed by atoms with Gasteiger partial charge in [-0.05, 0) is 69.5 Å². The maximum absolute atomic E-state index is 12.8. The minimum absolute atomic E-state index is 0.0804. The molecule has 0 radical (unpaired) electrons. The molecule has 1 heterocycles. The standard InChI is InChI=1S/C25H25Cl2N3O3/c1-30(2)14-6-13-28-25(32)22(29-24(31)17-7-4-3-5-8-17)16-19-10-12-23(33-19)20-11-9-18(26)15-21(20)27/h3-5,7-12,15-16H,6,13-14H2,1-2H3,(H,28,32)(H,29,31). The topological polar surface area (TPSA) is 74.6 Å². The van der Waals surface area contributed by atoms with Crippen molar-refractivity contribution in [2.45, 2.75) is 6.42 Å². The number of hydrogen-bond donors (Lipinski definition) is 2. The number of benzene rings is 2. The first-order chi connectivity index (χ1) is 15.8. The highest BCUT2D eigenvalue weighted by Gasteiger charge is 2.16. The number of nitrogens with one attached hydrogen (secondary N) is 2. The van der Waals surface area contributed by atoms with E-state index in [-0.39, 0.29) is 5.70 Å². The zero-order valence-electron chi connectivity index (χ0n) is 18.4. The summed E-state index contributed by atoms with van der Waals surface area (Å²) >= 11 is 12.2. The van der Waals surface area contributed by atoms with Gasteiger partial charge >= 0.3 is 0 Å². The number of carbonyl (C=O) groups excluding carboxylic acids is 2. The molecule has 0 aliphatic rings. The molecule has 0 bridgehead atoms. The predicted octanol–water partition coefficient (Wildman–Crippen LogP) is 5.09. The molecule has 0 aliphatic heterocycles. The van der Waals surface area contributed by atoms with Crippen LogP contribution >= 0.6 is 23.2 Å². The number of nitrogens with zero attached hydrogens (tertiary/aromatic N) is 1. The van der Waals surface area contributed by atoms with Gasteiger partial charge in [-0.3, -0.25) is 9.59 Å². The fraction of sp³-hybridized carbons (Fsp3) is 0.200. The third kappa shape index (κ3) is 7.22. The van der Waals surface area contributed by atoms with Crippen LogP contribution in [0.3, 0.4) is 0 Å². The highest BCUT2D eigenvalue weighted by Crippen LogP contribution is 2.31. The molecule has 0 saturated heterocycles. The van der Waals surface area contributed by atoms with E-state index < -0.39 is 11.8 Å². The maximum atomic E-state index is 12.8. The molecule has 3 rings (SSSR count). The number of halogens is 2. The van der Waals surface area contributed by atoms with Crippen LogP contribution in [0.1, 0.15) is 22.5 Å². The summed E-state index contributed by atoms with van der Waals surface area (Å²) in [4.78, 5) is 27.5. The molecule has 8 heteroatoms. The monoisotopic (exact) mass is 485 g/mol. The van der Waals surface area contributed by atoms with E-state index in [1.54, 1.807) is 54.6 Å². The fourth-order valence-electron chi connectivity index (χ4n) is 3.04. The zero-order valence-corrected chi connectivity index (χ0v) is 19.9. The number of amides is 2. The second-order valence-electron chi connectivity index (χ2n) is 7.62. The largest absolute Gasteiger partial charge is 0.457 e. The molecule has 0 saturated carbocycles. The van der Waals surface area contributed by atoms with Gasteiger partial charge in [-0.25, -0.2) is 0 Å². The van der Waals surface area contributed by atoms with Crippen molar-refractivity contribution in [1.29, 1.82) is 0 Å². The van der Waals surface area contributed by atoms with Gasteiger partial charge in [-0.1, -0.05) is 41.4 Å². The second kappa shape index (κ2) is 11.7. The summed E-state index contributed by atoms with van der Waals surface area (Å²) in [6.45, 7) is 1.30. The van der Waals surface area contributed by atoms with Crippen LogP contribution in [0.4, 0.5) is 0 Å². The van der Waals surface area contributed by atoms with E-state index in [4.69, 9.17) is 27.6 Å². The Morgan fingerprint density at radius 3 is 2.48 bits per heavy atom. The van der Waals surface area contributed by atoms with Crippen LogP contribution in [0, 0.1) is 0 Å². The summed E-state index contributed by atoms with van der Waals surface area (Å²) in [6.07, 6.45) is 2.27. The summed E-state index contributed by atoms with van der Waals surface area (Å²) in [6, 6.07) is 17.2. The summed E-state index contributed by atoms with van der Waals surface area (Å²) in [5, 5.41) is 6.51. The van der Waals surface area contributed by atoms with Gasteiger partial charge < -0.3 is 20.0 Å². The average Bonchev–Trinajstić information content (AvgIpc) is 3.24. The summed E-state index contributed by atoms with van der Waals surface area (Å²) < 4.78 is 5.87. The molecular formula is C25H25Cl2N3O3. The third-order valence-electron chi connectivity index (χ3n) is 4.71. The van der Waals surface area contributed by atoms with Gasteiger partial charge in [-0.2, -0.15) is 0 Å². The smallest absolute Gasteiger partial charge is 0.267 e. The quantitative estimate of drug-likeness (QED) is 0.326. The molecule has 0 fully saturated rings. The van der Waals surface area contributed by atoms with Crippen molar-refractivity contribution in [3.63, 3.8) is 0 Å². The molecule has 1 aromatic heterocycles. The lowest BCUT2D eigenvalue weighted by Gasteiger charge is -2.12. The van der Waals surface area contributed by atoms with E-state index in [9.17, 15) is 9.59 Å². The Bertz CT molecular complexity index is 1140. The number of hydrogen-bond acceptors (Lipinski definition) is 4. The minimum atomic E-state index is -0.402. The minimum Gasteiger partial charge on any atom is -0.457 e. The van der Waals surface area contributed by atoms with Crippen LogP contribution in [0.25, 0.3) is 17.4 Å². The number of rotatable bonds is 9. The molecule has 0 unspecified atom stereocenters. The highest BCUT2D eigenvalue weighted by molar-refractivity contribution is 6.36. The van der Waals surface area contributed by atoms with Gasteiger partial charge in [0.2, 0.25) is 0 Å². The Hall–Kier alpha value is -3.06. The van der Waals surface area contributed by atoms with E-state index in [1.807, 2.05) is 25.1 Å². The molecule has 0 aliphatic carbocycles. The van der Waals surface area contributed by atoms with Crippen LogP contribution in [0.15, 0.2) is 70.8 Å². The average molecular weight is 486 g/mol. The van der Waals surface area contributed by atoms with Gasteiger partial charge in [-0.15, -0.1) is 0 Å². The molecule has 0 atom stereocenters. The molecule has 0 spiro atoms. The molecule has 2 N–H and O–H groups in total. The normalized spacial score (nSPS) is 11.5. The van der Waals surface area contributed by atoms with Crippen molar-refractivity contribution in [2.24, 2.45) is 0 Å². The predicted molar refractivity (Wildman–Crippen MR) is 132 cm³/mol. The van der Waals surface area contributed by atoms with E-state index >= 15 is 0 Å². The van der Waals surface area contributed by atoms with Gasteiger partial charge in [0.05, 0.1) is 5.02 Å². The van der Waals surface area contributed by atoms with Gasteiger partial charge in [0.25, 0.3) is 11.8 Å². The van der Waals surface area contributed by atoms with Crippen LogP contribution in [0.2, 0.25) is 10.0 Å². The first-order valence-electron chi connectivity index (χ1n) is 10.4. The van der Waals surface area contributed by atoms with E-state index in [0.717, 1.165) is 13.0 Å². The second-order valence-corrected chi connectivity index (χ2v) is 8.46. The molecule has 6 nitrogen and oxygen atoms in total.